The Morgan fingerprint density at radius 3 is 2.59 bits per heavy atom. The first-order chi connectivity index (χ1) is 10.6. The molecule has 1 fully saturated rings. The normalized spacial score (nSPS) is 14.0. The largest absolute Gasteiger partial charge is 0.469 e. The predicted octanol–water partition coefficient (Wildman–Crippen LogP) is 1.04. The van der Waals surface area contributed by atoms with Crippen LogP contribution in [-0.2, 0) is 25.5 Å². The standard InChI is InChI=1S/C16H20N2O4/c1-22-16(21)8-9-17-14(19)11-12-4-6-13(7-5-12)18-10-2-3-15(18)20/h4-7H,2-3,8-11H2,1H3,(H,17,19). The number of carbonyl (C=O) groups is 3. The van der Waals surface area contributed by atoms with Crippen molar-refractivity contribution in [3.05, 3.63) is 29.8 Å². The SMILES string of the molecule is COC(=O)CCNC(=O)Cc1ccc(N2CCCC2=O)cc1. The van der Waals surface area contributed by atoms with Gasteiger partial charge in [0.1, 0.15) is 0 Å². The van der Waals surface area contributed by atoms with Crippen LogP contribution in [0.15, 0.2) is 24.3 Å². The monoisotopic (exact) mass is 304 g/mol. The molecule has 1 aromatic rings. The highest BCUT2D eigenvalue weighted by Gasteiger charge is 2.21. The molecule has 1 heterocycles. The van der Waals surface area contributed by atoms with Crippen molar-refractivity contribution < 1.29 is 19.1 Å². The van der Waals surface area contributed by atoms with Gasteiger partial charge in [-0.2, -0.15) is 0 Å². The molecule has 0 saturated carbocycles. The van der Waals surface area contributed by atoms with E-state index >= 15 is 0 Å². The van der Waals surface area contributed by atoms with Crippen LogP contribution in [0.3, 0.4) is 0 Å². The lowest BCUT2D eigenvalue weighted by atomic mass is 10.1. The van der Waals surface area contributed by atoms with Crippen molar-refractivity contribution in [2.75, 3.05) is 25.1 Å². The summed E-state index contributed by atoms with van der Waals surface area (Å²) in [6.45, 7) is 1.03. The van der Waals surface area contributed by atoms with Gasteiger partial charge in [-0.1, -0.05) is 12.1 Å². The fourth-order valence-electron chi connectivity index (χ4n) is 2.37. The second-order valence-electron chi connectivity index (χ2n) is 5.17. The smallest absolute Gasteiger partial charge is 0.307 e. The van der Waals surface area contributed by atoms with E-state index in [-0.39, 0.29) is 37.2 Å². The van der Waals surface area contributed by atoms with Gasteiger partial charge in [-0.05, 0) is 24.1 Å². The van der Waals surface area contributed by atoms with Crippen LogP contribution in [0.5, 0.6) is 0 Å². The Labute approximate surface area is 129 Å². The van der Waals surface area contributed by atoms with Gasteiger partial charge in [0, 0.05) is 25.2 Å². The number of anilines is 1. The molecule has 0 radical (unpaired) electrons. The first-order valence-corrected chi connectivity index (χ1v) is 7.33. The minimum Gasteiger partial charge on any atom is -0.469 e. The van der Waals surface area contributed by atoms with Crippen LogP contribution in [0, 0.1) is 0 Å². The molecular formula is C16H20N2O4. The van der Waals surface area contributed by atoms with Crippen LogP contribution in [0.1, 0.15) is 24.8 Å². The van der Waals surface area contributed by atoms with Crippen molar-refractivity contribution in [2.45, 2.75) is 25.7 Å². The van der Waals surface area contributed by atoms with E-state index in [2.05, 4.69) is 10.1 Å². The zero-order chi connectivity index (χ0) is 15.9. The van der Waals surface area contributed by atoms with Crippen molar-refractivity contribution in [3.8, 4) is 0 Å². The van der Waals surface area contributed by atoms with Crippen molar-refractivity contribution in [1.29, 1.82) is 0 Å². The number of ether oxygens (including phenoxy) is 1. The van der Waals surface area contributed by atoms with Gasteiger partial charge in [0.2, 0.25) is 11.8 Å². The molecule has 2 rings (SSSR count). The summed E-state index contributed by atoms with van der Waals surface area (Å²) in [5, 5.41) is 2.67. The predicted molar refractivity (Wildman–Crippen MR) is 81.4 cm³/mol. The minimum atomic E-state index is -0.347. The first kappa shape index (κ1) is 16.0. The lowest BCUT2D eigenvalue weighted by molar-refractivity contribution is -0.140. The van der Waals surface area contributed by atoms with Gasteiger partial charge in [0.25, 0.3) is 0 Å². The Hall–Kier alpha value is -2.37. The molecule has 0 aliphatic carbocycles. The Kier molecular flexibility index (Phi) is 5.52. The van der Waals surface area contributed by atoms with Gasteiger partial charge in [-0.3, -0.25) is 14.4 Å². The summed E-state index contributed by atoms with van der Waals surface area (Å²) in [5.74, 6) is -0.345. The Morgan fingerprint density at radius 2 is 2.00 bits per heavy atom. The molecule has 6 heteroatoms. The van der Waals surface area contributed by atoms with Crippen LogP contribution >= 0.6 is 0 Å². The van der Waals surface area contributed by atoms with Crippen molar-refractivity contribution >= 4 is 23.5 Å². The van der Waals surface area contributed by atoms with E-state index in [1.54, 1.807) is 4.90 Å². The van der Waals surface area contributed by atoms with Gasteiger partial charge in [0.05, 0.1) is 20.0 Å². The van der Waals surface area contributed by atoms with Gasteiger partial charge in [-0.25, -0.2) is 0 Å². The molecule has 6 nitrogen and oxygen atoms in total. The van der Waals surface area contributed by atoms with Crippen molar-refractivity contribution in [3.63, 3.8) is 0 Å². The van der Waals surface area contributed by atoms with E-state index in [9.17, 15) is 14.4 Å². The molecule has 0 unspecified atom stereocenters. The van der Waals surface area contributed by atoms with Crippen LogP contribution < -0.4 is 10.2 Å². The highest BCUT2D eigenvalue weighted by atomic mass is 16.5. The lowest BCUT2D eigenvalue weighted by Crippen LogP contribution is -2.27. The van der Waals surface area contributed by atoms with Crippen LogP contribution in [0.25, 0.3) is 0 Å². The zero-order valence-corrected chi connectivity index (χ0v) is 12.6. The van der Waals surface area contributed by atoms with E-state index in [1.807, 2.05) is 24.3 Å². The van der Waals surface area contributed by atoms with E-state index in [0.29, 0.717) is 6.42 Å². The molecule has 1 aliphatic rings. The summed E-state index contributed by atoms with van der Waals surface area (Å²) in [6, 6.07) is 7.42. The summed E-state index contributed by atoms with van der Waals surface area (Å²) < 4.78 is 4.50. The summed E-state index contributed by atoms with van der Waals surface area (Å²) in [7, 11) is 1.32. The zero-order valence-electron chi connectivity index (χ0n) is 12.6. The van der Waals surface area contributed by atoms with Gasteiger partial charge >= 0.3 is 5.97 Å². The molecule has 0 bridgehead atoms. The molecule has 118 valence electrons. The summed E-state index contributed by atoms with van der Waals surface area (Å²) in [4.78, 5) is 36.1. The molecule has 1 N–H and O–H groups in total. The molecule has 1 aromatic carbocycles. The second kappa shape index (κ2) is 7.59. The number of benzene rings is 1. The van der Waals surface area contributed by atoms with Gasteiger partial charge in [0.15, 0.2) is 0 Å². The Balaban J connectivity index is 1.82. The average molecular weight is 304 g/mol. The van der Waals surface area contributed by atoms with Crippen LogP contribution in [0.2, 0.25) is 0 Å². The van der Waals surface area contributed by atoms with Crippen LogP contribution in [0.4, 0.5) is 5.69 Å². The van der Waals surface area contributed by atoms with Gasteiger partial charge < -0.3 is 15.0 Å². The summed E-state index contributed by atoms with van der Waals surface area (Å²) in [6.07, 6.45) is 1.90. The van der Waals surface area contributed by atoms with Gasteiger partial charge in [-0.15, -0.1) is 0 Å². The molecular weight excluding hydrogens is 284 g/mol. The molecule has 1 saturated heterocycles. The molecule has 0 spiro atoms. The summed E-state index contributed by atoms with van der Waals surface area (Å²) in [5.41, 5.74) is 1.74. The minimum absolute atomic E-state index is 0.145. The first-order valence-electron chi connectivity index (χ1n) is 7.33. The number of hydrogen-bond donors (Lipinski definition) is 1. The number of hydrogen-bond acceptors (Lipinski definition) is 4. The number of nitrogens with zero attached hydrogens (tertiary/aromatic N) is 1. The highest BCUT2D eigenvalue weighted by Crippen LogP contribution is 2.21. The fraction of sp³-hybridized carbons (Fsp3) is 0.438. The number of methoxy groups -OCH3 is 1. The number of esters is 1. The number of rotatable bonds is 6. The summed E-state index contributed by atoms with van der Waals surface area (Å²) >= 11 is 0. The maximum atomic E-state index is 11.7. The molecule has 1 aliphatic heterocycles. The Morgan fingerprint density at radius 1 is 1.27 bits per heavy atom. The highest BCUT2D eigenvalue weighted by molar-refractivity contribution is 5.95. The number of carbonyl (C=O) groups excluding carboxylic acids is 3. The maximum absolute atomic E-state index is 11.7. The third kappa shape index (κ3) is 4.31. The lowest BCUT2D eigenvalue weighted by Gasteiger charge is -2.15. The third-order valence-corrected chi connectivity index (χ3v) is 3.57. The third-order valence-electron chi connectivity index (χ3n) is 3.57. The number of amides is 2. The van der Waals surface area contributed by atoms with E-state index < -0.39 is 0 Å². The Bertz CT molecular complexity index is 554. The second-order valence-corrected chi connectivity index (χ2v) is 5.17. The fourth-order valence-corrected chi connectivity index (χ4v) is 2.37. The number of nitrogens with one attached hydrogen (secondary N) is 1. The molecule has 0 aromatic heterocycles. The quantitative estimate of drug-likeness (QED) is 0.797. The average Bonchev–Trinajstić information content (AvgIpc) is 2.94. The van der Waals surface area contributed by atoms with E-state index in [4.69, 9.17) is 0 Å². The molecule has 2 amide bonds. The van der Waals surface area contributed by atoms with E-state index in [0.717, 1.165) is 24.2 Å². The topological polar surface area (TPSA) is 75.7 Å². The maximum Gasteiger partial charge on any atom is 0.307 e. The van der Waals surface area contributed by atoms with Crippen molar-refractivity contribution in [2.24, 2.45) is 0 Å². The van der Waals surface area contributed by atoms with Crippen molar-refractivity contribution in [1.82, 2.24) is 5.32 Å². The van der Waals surface area contributed by atoms with Crippen LogP contribution in [-0.4, -0.2) is 38.0 Å². The molecule has 22 heavy (non-hydrogen) atoms. The molecule has 0 atom stereocenters. The van der Waals surface area contributed by atoms with E-state index in [1.165, 1.54) is 7.11 Å².